The molecule has 774 valence electrons. The van der Waals surface area contributed by atoms with Gasteiger partial charge in [0.25, 0.3) is 17.7 Å². The molecule has 0 spiro atoms. The van der Waals surface area contributed by atoms with E-state index in [-0.39, 0.29) is 103 Å². The second-order valence-electron chi connectivity index (χ2n) is 36.1. The van der Waals surface area contributed by atoms with Crippen LogP contribution in [-0.4, -0.2) is 223 Å². The number of hydrogen-bond donors (Lipinski definition) is 11. The number of H-pyrrole nitrogens is 2. The van der Waals surface area contributed by atoms with Crippen LogP contribution in [0.15, 0.2) is 150 Å². The molecule has 0 bridgehead atoms. The highest BCUT2D eigenvalue weighted by Gasteiger charge is 2.41. The minimum Gasteiger partial charge on any atom is -0.390 e. The van der Waals surface area contributed by atoms with Crippen molar-refractivity contribution in [2.45, 2.75) is 289 Å². The van der Waals surface area contributed by atoms with Crippen molar-refractivity contribution in [3.8, 4) is 0 Å². The summed E-state index contributed by atoms with van der Waals surface area (Å²) in [6.07, 6.45) is 6.58. The number of aryl methyl sites for hydroxylation is 6. The molecule has 30 nitrogen and oxygen atoms in total. The fraction of sp³-hybridized carbons (Fsp3) is 0.500. The predicted molar refractivity (Wildman–Crippen MR) is 530 cm³/mol. The Hall–Kier alpha value is -11.0. The van der Waals surface area contributed by atoms with Gasteiger partial charge >= 0.3 is 0 Å². The van der Waals surface area contributed by atoms with Gasteiger partial charge in [0.05, 0.1) is 68.8 Å². The van der Waals surface area contributed by atoms with E-state index in [9.17, 15) is 95.7 Å². The van der Waals surface area contributed by atoms with Gasteiger partial charge in [0.15, 0.2) is 29.5 Å². The van der Waals surface area contributed by atoms with Gasteiger partial charge in [-0.05, 0) is 190 Å². The zero-order valence-corrected chi connectivity index (χ0v) is 84.9. The number of sulfone groups is 3. The molecule has 0 fully saturated rings. The molecule has 9 atom stereocenters. The van der Waals surface area contributed by atoms with Crippen LogP contribution in [0, 0.1) is 55.7 Å². The molecule has 0 saturated carbocycles. The number of hydrogen-bond acceptors (Lipinski definition) is 22. The van der Waals surface area contributed by atoms with E-state index in [4.69, 9.17) is 21.7 Å². The first-order chi connectivity index (χ1) is 66.8. The zero-order valence-electron chi connectivity index (χ0n) is 82.4. The van der Waals surface area contributed by atoms with Crippen LogP contribution in [0.4, 0.5) is 26.3 Å². The molecule has 3 heterocycles. The number of rotatable bonds is 54. The van der Waals surface area contributed by atoms with E-state index in [1.807, 2.05) is 117 Å². The van der Waals surface area contributed by atoms with Gasteiger partial charge in [-0.1, -0.05) is 179 Å². The SMILES string of the molecule is CCCC(CCC)S(=O)(=O)CC(NC(=O)c1c(C)noc1C)C(=O)N(Cc1cccc(CC)c1)CC(O)[C@@H](N)Cc1cc(F)cc(F)c1.CCCC(CCC)S(=O)(=O)CC(NC(=O)c1cc(C)[nH]n1)C(=O)N(Cc1cccc(CC)c1)C[C@@H](O)[C@@H](N)Cc1cc(F)cc(F)c1.CCCC(CCC)S(=O)(=O)CC(NC(=O)c1cn[nH]c1)C(=O)N(Cc1cccc(CC)c1)C[C@@H](O)[C@@H](N)Cc1cc(F)cc(F)c1. The summed E-state index contributed by atoms with van der Waals surface area (Å²) >= 11 is 0. The Labute approximate surface area is 824 Å². The Balaban J connectivity index is 0.000000287. The molecule has 14 N–H and O–H groups in total. The quantitative estimate of drug-likeness (QED) is 0.0158. The largest absolute Gasteiger partial charge is 0.390 e. The predicted octanol–water partition coefficient (Wildman–Crippen LogP) is 12.3. The van der Waals surface area contributed by atoms with Gasteiger partial charge in [0, 0.05) is 87.5 Å². The Morgan fingerprint density at radius 3 is 0.972 bits per heavy atom. The molecule has 0 aliphatic rings. The first-order valence-corrected chi connectivity index (χ1v) is 53.2. The highest BCUT2D eigenvalue weighted by Crippen LogP contribution is 2.27. The lowest BCUT2D eigenvalue weighted by Gasteiger charge is -2.32. The van der Waals surface area contributed by atoms with E-state index >= 15 is 0 Å². The molecule has 6 aromatic carbocycles. The van der Waals surface area contributed by atoms with Crippen LogP contribution < -0.4 is 33.2 Å². The van der Waals surface area contributed by atoms with Gasteiger partial charge in [-0.25, -0.2) is 51.6 Å². The molecule has 9 aromatic rings. The highest BCUT2D eigenvalue weighted by molar-refractivity contribution is 7.92. The van der Waals surface area contributed by atoms with Gasteiger partial charge in [-0.15, -0.1) is 0 Å². The molecule has 6 amide bonds. The lowest BCUT2D eigenvalue weighted by Crippen LogP contribution is -2.55. The summed E-state index contributed by atoms with van der Waals surface area (Å²) in [4.78, 5) is 86.8. The number of nitrogens with two attached hydrogens (primary N) is 3. The maximum Gasteiger partial charge on any atom is 0.272 e. The highest BCUT2D eigenvalue weighted by atomic mass is 32.2. The fourth-order valence-electron chi connectivity index (χ4n) is 16.9. The van der Waals surface area contributed by atoms with Gasteiger partial charge in [0.2, 0.25) is 17.7 Å². The number of nitrogens with one attached hydrogen (secondary N) is 5. The van der Waals surface area contributed by atoms with E-state index in [0.29, 0.717) is 88.3 Å². The topological polar surface area (TPSA) is 473 Å². The van der Waals surface area contributed by atoms with Crippen LogP contribution in [0.25, 0.3) is 0 Å². The molecule has 141 heavy (non-hydrogen) atoms. The van der Waals surface area contributed by atoms with Crippen molar-refractivity contribution in [2.75, 3.05) is 36.9 Å². The minimum absolute atomic E-state index is 0.0112. The third-order valence-corrected chi connectivity index (χ3v) is 31.1. The van der Waals surface area contributed by atoms with Crippen LogP contribution in [0.3, 0.4) is 0 Å². The number of halogens is 6. The second kappa shape index (κ2) is 56.7. The van der Waals surface area contributed by atoms with Gasteiger partial charge in [-0.2, -0.15) is 10.2 Å². The summed E-state index contributed by atoms with van der Waals surface area (Å²) in [5, 5.41) is 56.0. The van der Waals surface area contributed by atoms with Crippen LogP contribution in [0.1, 0.15) is 238 Å². The Morgan fingerprint density at radius 1 is 0.411 bits per heavy atom. The number of carbonyl (C=O) groups is 6. The summed E-state index contributed by atoms with van der Waals surface area (Å²) in [7, 11) is -11.6. The Kier molecular flexibility index (Phi) is 47.0. The number of aliphatic hydroxyl groups is 3. The molecule has 0 radical (unpaired) electrons. The number of benzene rings is 6. The normalized spacial score (nSPS) is 13.7. The minimum atomic E-state index is -3.90. The van der Waals surface area contributed by atoms with Gasteiger partial charge in [0.1, 0.15) is 70.0 Å². The third-order valence-electron chi connectivity index (χ3n) is 24.3. The summed E-state index contributed by atoms with van der Waals surface area (Å²) < 4.78 is 170. The van der Waals surface area contributed by atoms with Crippen molar-refractivity contribution in [3.05, 3.63) is 265 Å². The number of nitrogens with zero attached hydrogens (tertiary/aromatic N) is 6. The Morgan fingerprint density at radius 2 is 0.709 bits per heavy atom. The zero-order chi connectivity index (χ0) is 104. The average Bonchev–Trinajstić information content (AvgIpc) is 1.73. The monoisotopic (exact) mass is 2030 g/mol. The van der Waals surface area contributed by atoms with Crippen LogP contribution in [-0.2, 0) is 102 Å². The fourth-order valence-corrected chi connectivity index (χ4v) is 23.3. The van der Waals surface area contributed by atoms with Crippen LogP contribution in [0.2, 0.25) is 0 Å². The molecule has 39 heteroatoms. The molecule has 0 aliphatic heterocycles. The van der Waals surface area contributed by atoms with Crippen LogP contribution in [0.5, 0.6) is 0 Å². The summed E-state index contributed by atoms with van der Waals surface area (Å²) in [5.74, 6) is -10.8. The van der Waals surface area contributed by atoms with Crippen molar-refractivity contribution in [1.82, 2.24) is 56.2 Å². The van der Waals surface area contributed by atoms with E-state index in [1.165, 1.54) is 40.1 Å². The number of aromatic amines is 2. The molecule has 9 rings (SSSR count). The molecule has 4 unspecified atom stereocenters. The molecule has 0 aliphatic carbocycles. The maximum absolute atomic E-state index is 14.5. The maximum atomic E-state index is 14.5. The molecular weight excluding hydrogens is 1890 g/mol. The molecule has 3 aromatic heterocycles. The number of carbonyl (C=O) groups excluding carboxylic acids is 6. The van der Waals surface area contributed by atoms with E-state index in [0.717, 1.165) is 102 Å². The third kappa shape index (κ3) is 37.0. The van der Waals surface area contributed by atoms with E-state index in [1.54, 1.807) is 32.0 Å². The summed E-state index contributed by atoms with van der Waals surface area (Å²) in [6, 6.07) is 25.1. The Bertz CT molecular complexity index is 5800. The lowest BCUT2D eigenvalue weighted by molar-refractivity contribution is -0.135. The van der Waals surface area contributed by atoms with Crippen molar-refractivity contribution in [1.29, 1.82) is 0 Å². The first-order valence-electron chi connectivity index (χ1n) is 48.1. The lowest BCUT2D eigenvalue weighted by atomic mass is 10.0. The second-order valence-corrected chi connectivity index (χ2v) is 43.1. The molecular formula is C102H140F6N14O16S3. The molecule has 0 saturated heterocycles. The first kappa shape index (κ1) is 117. The smallest absolute Gasteiger partial charge is 0.272 e. The number of aromatic nitrogens is 5. The van der Waals surface area contributed by atoms with Crippen molar-refractivity contribution in [2.24, 2.45) is 17.2 Å². The van der Waals surface area contributed by atoms with Crippen molar-refractivity contribution < 1.29 is 100 Å². The summed E-state index contributed by atoms with van der Waals surface area (Å²) in [6.45, 7) is 21.0. The van der Waals surface area contributed by atoms with Crippen molar-refractivity contribution >= 4 is 65.0 Å². The number of aliphatic hydroxyl groups excluding tert-OH is 3. The van der Waals surface area contributed by atoms with Gasteiger partial charge in [-0.3, -0.25) is 39.0 Å². The standard InChI is InChI=1S/C35H48F2N4O6S.C34H47F2N5O5S.C33H45F2N5O5S/c1-6-10-29(11-7-2)48(45,46)21-31(39-34(43)33-22(4)40-47-23(33)5)35(44)41(19-25-13-9-12-24(8-3)14-25)20-32(42)30(38)17-26-15-27(36)18-28(37)16-26;1-5-9-28(10-6-2)47(45,46)21-31(38-33(43)30-13-22(4)39-40-30)34(44)41(19-24-12-8-11-23(7-3)14-24)20-32(42)29(37)17-25-15-26(35)18-27(36)16-25;1-4-8-28(9-5-2)46(44,45)21-30(39-32(42)25-17-37-38-18-25)33(43)40(19-23-11-7-10-22(6-3)12-23)20-31(41)29(36)15-24-13-26(34)16-27(35)14-24/h9,12-16,18,29-32,42H,6-8,10-11,17,19-21,38H2,1-5H3,(H,39,43);8,11-16,18,28-29,31-32,42H,5-7,9-10,17,19-21,37H2,1-4H3,(H,38,43)(H,39,40);7,10-14,16-18,28-31,41H,4-6,8-9,15,19-21,36H2,1-3H3,(H,37,38)(H,39,42)/t30-,31?,32?;29-,31?,32+;29-,30?,31+/m000/s1. The van der Waals surface area contributed by atoms with Crippen LogP contribution >= 0.6 is 0 Å². The van der Waals surface area contributed by atoms with E-state index in [2.05, 4.69) is 41.5 Å². The van der Waals surface area contributed by atoms with Crippen molar-refractivity contribution in [3.63, 3.8) is 0 Å². The number of amides is 6. The summed E-state index contributed by atoms with van der Waals surface area (Å²) in [5.41, 5.74) is 25.7. The average molecular weight is 2030 g/mol. The van der Waals surface area contributed by atoms with E-state index < -0.39 is 187 Å². The van der Waals surface area contributed by atoms with Gasteiger partial charge < -0.3 is 67.7 Å².